The maximum absolute atomic E-state index is 8.84. The predicted molar refractivity (Wildman–Crippen MR) is 74.3 cm³/mol. The van der Waals surface area contributed by atoms with E-state index in [-0.39, 0.29) is 5.84 Å². The van der Waals surface area contributed by atoms with Crippen molar-refractivity contribution in [3.05, 3.63) is 28.2 Å². The molecule has 0 saturated carbocycles. The van der Waals surface area contributed by atoms with Gasteiger partial charge in [-0.15, -0.1) is 0 Å². The number of ether oxygens (including phenoxy) is 1. The molecule has 5 nitrogen and oxygen atoms in total. The van der Waals surface area contributed by atoms with Gasteiger partial charge in [0, 0.05) is 35.4 Å². The van der Waals surface area contributed by atoms with Crippen LogP contribution in [0.4, 0.5) is 5.69 Å². The van der Waals surface area contributed by atoms with Crippen LogP contribution in [0.2, 0.25) is 0 Å². The van der Waals surface area contributed by atoms with Gasteiger partial charge in [-0.2, -0.15) is 0 Å². The van der Waals surface area contributed by atoms with Gasteiger partial charge in [-0.05, 0) is 24.6 Å². The zero-order valence-electron chi connectivity index (χ0n) is 9.97. The third-order valence-electron chi connectivity index (χ3n) is 2.91. The van der Waals surface area contributed by atoms with Crippen molar-refractivity contribution in [1.82, 2.24) is 0 Å². The Labute approximate surface area is 114 Å². The SMILES string of the molecule is N/C(=N/O)c1ccc(Br)cc1N1CCCOCC1. The van der Waals surface area contributed by atoms with Crippen LogP contribution >= 0.6 is 15.9 Å². The Morgan fingerprint density at radius 2 is 2.22 bits per heavy atom. The van der Waals surface area contributed by atoms with E-state index in [1.807, 2.05) is 18.2 Å². The van der Waals surface area contributed by atoms with Gasteiger partial charge in [-0.1, -0.05) is 21.1 Å². The van der Waals surface area contributed by atoms with Gasteiger partial charge >= 0.3 is 0 Å². The lowest BCUT2D eigenvalue weighted by Gasteiger charge is -2.24. The maximum Gasteiger partial charge on any atom is 0.172 e. The highest BCUT2D eigenvalue weighted by Crippen LogP contribution is 2.26. The number of oxime groups is 1. The standard InChI is InChI=1S/C12H16BrN3O2/c13-9-2-3-10(12(14)15-17)11(8-9)16-4-1-6-18-7-5-16/h2-3,8,17H,1,4-7H2,(H2,14,15). The van der Waals surface area contributed by atoms with Gasteiger partial charge in [0.15, 0.2) is 5.84 Å². The smallest absolute Gasteiger partial charge is 0.172 e. The molecule has 18 heavy (non-hydrogen) atoms. The summed E-state index contributed by atoms with van der Waals surface area (Å²) in [5.74, 6) is 0.127. The fourth-order valence-corrected chi connectivity index (χ4v) is 2.37. The van der Waals surface area contributed by atoms with Crippen LogP contribution in [0.25, 0.3) is 0 Å². The van der Waals surface area contributed by atoms with Crippen molar-refractivity contribution >= 4 is 27.5 Å². The van der Waals surface area contributed by atoms with Crippen molar-refractivity contribution in [3.63, 3.8) is 0 Å². The summed E-state index contributed by atoms with van der Waals surface area (Å²) in [7, 11) is 0. The second kappa shape index (κ2) is 6.06. The molecule has 1 aliphatic heterocycles. The zero-order chi connectivity index (χ0) is 13.0. The van der Waals surface area contributed by atoms with Crippen LogP contribution in [0.5, 0.6) is 0 Å². The van der Waals surface area contributed by atoms with Crippen molar-refractivity contribution < 1.29 is 9.94 Å². The zero-order valence-corrected chi connectivity index (χ0v) is 11.6. The average molecular weight is 314 g/mol. The number of amidine groups is 1. The fraction of sp³-hybridized carbons (Fsp3) is 0.417. The third-order valence-corrected chi connectivity index (χ3v) is 3.40. The molecule has 1 aromatic carbocycles. The summed E-state index contributed by atoms with van der Waals surface area (Å²) in [5, 5.41) is 11.9. The van der Waals surface area contributed by atoms with Gasteiger partial charge in [0.05, 0.1) is 6.61 Å². The Morgan fingerprint density at radius 3 is 3.00 bits per heavy atom. The summed E-state index contributed by atoms with van der Waals surface area (Å²) in [6, 6.07) is 5.71. The quantitative estimate of drug-likeness (QED) is 0.378. The van der Waals surface area contributed by atoms with Gasteiger partial charge in [0.1, 0.15) is 0 Å². The molecule has 0 bridgehead atoms. The van der Waals surface area contributed by atoms with E-state index >= 15 is 0 Å². The molecule has 0 unspecified atom stereocenters. The predicted octanol–water partition coefficient (Wildman–Crippen LogP) is 1.77. The van der Waals surface area contributed by atoms with Crippen LogP contribution in [0.15, 0.2) is 27.8 Å². The van der Waals surface area contributed by atoms with E-state index in [1.54, 1.807) is 0 Å². The van der Waals surface area contributed by atoms with Crippen LogP contribution in [0, 0.1) is 0 Å². The second-order valence-electron chi connectivity index (χ2n) is 4.10. The first-order valence-corrected chi connectivity index (χ1v) is 6.62. The highest BCUT2D eigenvalue weighted by Gasteiger charge is 2.16. The van der Waals surface area contributed by atoms with Crippen molar-refractivity contribution in [2.45, 2.75) is 6.42 Å². The van der Waals surface area contributed by atoms with E-state index in [0.717, 1.165) is 41.8 Å². The van der Waals surface area contributed by atoms with E-state index < -0.39 is 0 Å². The van der Waals surface area contributed by atoms with E-state index in [4.69, 9.17) is 15.7 Å². The topological polar surface area (TPSA) is 71.1 Å². The molecule has 2 rings (SSSR count). The Kier molecular flexibility index (Phi) is 4.43. The molecule has 1 heterocycles. The first-order valence-electron chi connectivity index (χ1n) is 5.82. The largest absolute Gasteiger partial charge is 0.409 e. The van der Waals surface area contributed by atoms with Crippen LogP contribution in [-0.4, -0.2) is 37.3 Å². The van der Waals surface area contributed by atoms with E-state index in [2.05, 4.69) is 26.0 Å². The lowest BCUT2D eigenvalue weighted by molar-refractivity contribution is 0.152. The number of hydrogen-bond acceptors (Lipinski definition) is 4. The molecule has 0 aromatic heterocycles. The summed E-state index contributed by atoms with van der Waals surface area (Å²) in [4.78, 5) is 2.20. The van der Waals surface area contributed by atoms with E-state index in [9.17, 15) is 0 Å². The maximum atomic E-state index is 8.84. The molecule has 0 spiro atoms. The summed E-state index contributed by atoms with van der Waals surface area (Å²) in [6.45, 7) is 3.19. The molecule has 1 saturated heterocycles. The number of nitrogens with two attached hydrogens (primary N) is 1. The number of nitrogens with zero attached hydrogens (tertiary/aromatic N) is 2. The Bertz CT molecular complexity index is 443. The minimum absolute atomic E-state index is 0.127. The summed E-state index contributed by atoms with van der Waals surface area (Å²) in [5.41, 5.74) is 7.42. The fourth-order valence-electron chi connectivity index (χ4n) is 2.02. The highest BCUT2D eigenvalue weighted by atomic mass is 79.9. The van der Waals surface area contributed by atoms with Gasteiger partial charge in [0.25, 0.3) is 0 Å². The molecular formula is C12H16BrN3O2. The number of anilines is 1. The van der Waals surface area contributed by atoms with E-state index in [0.29, 0.717) is 6.61 Å². The molecule has 1 aliphatic rings. The van der Waals surface area contributed by atoms with Crippen molar-refractivity contribution in [3.8, 4) is 0 Å². The first kappa shape index (κ1) is 13.2. The Balaban J connectivity index is 2.37. The molecule has 6 heteroatoms. The van der Waals surface area contributed by atoms with Crippen molar-refractivity contribution in [2.24, 2.45) is 10.9 Å². The highest BCUT2D eigenvalue weighted by molar-refractivity contribution is 9.10. The van der Waals surface area contributed by atoms with Crippen LogP contribution in [-0.2, 0) is 4.74 Å². The lowest BCUT2D eigenvalue weighted by Crippen LogP contribution is -2.29. The molecule has 0 aliphatic carbocycles. The lowest BCUT2D eigenvalue weighted by atomic mass is 10.1. The number of halogens is 1. The van der Waals surface area contributed by atoms with Gasteiger partial charge in [-0.3, -0.25) is 0 Å². The number of benzene rings is 1. The average Bonchev–Trinajstić information content (AvgIpc) is 2.66. The molecule has 0 amide bonds. The van der Waals surface area contributed by atoms with Crippen LogP contribution < -0.4 is 10.6 Å². The summed E-state index contributed by atoms with van der Waals surface area (Å²) in [6.07, 6.45) is 0.974. The second-order valence-corrected chi connectivity index (χ2v) is 5.02. The molecule has 3 N–H and O–H groups in total. The third kappa shape index (κ3) is 2.94. The Morgan fingerprint density at radius 1 is 1.39 bits per heavy atom. The first-order chi connectivity index (χ1) is 8.72. The minimum atomic E-state index is 0.127. The van der Waals surface area contributed by atoms with Crippen molar-refractivity contribution in [1.29, 1.82) is 0 Å². The molecule has 98 valence electrons. The van der Waals surface area contributed by atoms with Crippen LogP contribution in [0.3, 0.4) is 0 Å². The number of rotatable bonds is 2. The molecule has 0 atom stereocenters. The van der Waals surface area contributed by atoms with Crippen molar-refractivity contribution in [2.75, 3.05) is 31.2 Å². The minimum Gasteiger partial charge on any atom is -0.409 e. The monoisotopic (exact) mass is 313 g/mol. The van der Waals surface area contributed by atoms with Gasteiger partial charge in [0.2, 0.25) is 0 Å². The summed E-state index contributed by atoms with van der Waals surface area (Å²) < 4.78 is 6.41. The van der Waals surface area contributed by atoms with Gasteiger partial charge < -0.3 is 20.6 Å². The Hall–Kier alpha value is -1.27. The molecule has 0 radical (unpaired) electrons. The van der Waals surface area contributed by atoms with Gasteiger partial charge in [-0.25, -0.2) is 0 Å². The summed E-state index contributed by atoms with van der Waals surface area (Å²) >= 11 is 3.45. The molecule has 1 fully saturated rings. The molecular weight excluding hydrogens is 298 g/mol. The normalized spacial score (nSPS) is 17.6. The van der Waals surface area contributed by atoms with E-state index in [1.165, 1.54) is 0 Å². The molecule has 1 aromatic rings. The van der Waals surface area contributed by atoms with Crippen LogP contribution in [0.1, 0.15) is 12.0 Å². The number of hydrogen-bond donors (Lipinski definition) is 2.